The Hall–Kier alpha value is -1.02. The maximum Gasteiger partial charge on any atom is 0.401 e. The number of nitrogens with one attached hydrogen (secondary N) is 1. The Bertz CT molecular complexity index is 393. The van der Waals surface area contributed by atoms with Gasteiger partial charge in [0.15, 0.2) is 0 Å². The molecule has 1 aliphatic carbocycles. The molecule has 2 amide bonds. The Labute approximate surface area is 134 Å². The molecule has 2 N–H and O–H groups in total. The highest BCUT2D eigenvalue weighted by Gasteiger charge is 2.33. The van der Waals surface area contributed by atoms with E-state index in [1.165, 1.54) is 4.90 Å². The van der Waals surface area contributed by atoms with Crippen molar-refractivity contribution in [1.29, 1.82) is 0 Å². The monoisotopic (exact) mass is 337 g/mol. The molecule has 0 spiro atoms. The molecule has 2 aliphatic rings. The Morgan fingerprint density at radius 3 is 2.61 bits per heavy atom. The number of halogens is 3. The third-order valence-electron chi connectivity index (χ3n) is 4.75. The number of hydrogen-bond acceptors (Lipinski definition) is 3. The summed E-state index contributed by atoms with van der Waals surface area (Å²) in [5.74, 6) is 0.303. The summed E-state index contributed by atoms with van der Waals surface area (Å²) in [7, 11) is 0. The highest BCUT2D eigenvalue weighted by atomic mass is 19.4. The number of rotatable bonds is 4. The second kappa shape index (κ2) is 8.19. The maximum atomic E-state index is 12.5. The fourth-order valence-corrected chi connectivity index (χ4v) is 3.57. The molecule has 1 heterocycles. The average Bonchev–Trinajstić information content (AvgIpc) is 2.75. The van der Waals surface area contributed by atoms with Crippen LogP contribution in [-0.4, -0.2) is 72.5 Å². The first-order valence-corrected chi connectivity index (χ1v) is 8.34. The minimum atomic E-state index is -4.20. The first-order valence-electron chi connectivity index (χ1n) is 8.34. The summed E-state index contributed by atoms with van der Waals surface area (Å²) in [6, 6.07) is -0.113. The molecule has 2 atom stereocenters. The SMILES string of the molecule is O=C(N[C@@H]1CCC[C@@H]1CCO)N1CCCN(CC(F)(F)F)CC1. The van der Waals surface area contributed by atoms with Gasteiger partial charge < -0.3 is 15.3 Å². The van der Waals surface area contributed by atoms with E-state index in [1.807, 2.05) is 0 Å². The van der Waals surface area contributed by atoms with Crippen LogP contribution in [0.1, 0.15) is 32.1 Å². The van der Waals surface area contributed by atoms with E-state index >= 15 is 0 Å². The van der Waals surface area contributed by atoms with E-state index in [2.05, 4.69) is 5.32 Å². The summed E-state index contributed by atoms with van der Waals surface area (Å²) >= 11 is 0. The molecule has 2 fully saturated rings. The van der Waals surface area contributed by atoms with Gasteiger partial charge in [-0.1, -0.05) is 6.42 Å². The molecule has 0 aromatic rings. The lowest BCUT2D eigenvalue weighted by Crippen LogP contribution is -2.47. The normalized spacial score (nSPS) is 27.0. The Morgan fingerprint density at radius 2 is 1.91 bits per heavy atom. The van der Waals surface area contributed by atoms with Crippen molar-refractivity contribution in [2.24, 2.45) is 5.92 Å². The second-order valence-corrected chi connectivity index (χ2v) is 6.49. The zero-order valence-electron chi connectivity index (χ0n) is 13.3. The van der Waals surface area contributed by atoms with Crippen LogP contribution in [0, 0.1) is 5.92 Å². The van der Waals surface area contributed by atoms with Gasteiger partial charge in [0.2, 0.25) is 0 Å². The largest absolute Gasteiger partial charge is 0.401 e. The molecule has 5 nitrogen and oxygen atoms in total. The zero-order valence-corrected chi connectivity index (χ0v) is 13.3. The third-order valence-corrected chi connectivity index (χ3v) is 4.75. The van der Waals surface area contributed by atoms with Gasteiger partial charge in [-0.05, 0) is 31.6 Å². The number of carbonyl (C=O) groups is 1. The molecule has 0 bridgehead atoms. The van der Waals surface area contributed by atoms with E-state index in [4.69, 9.17) is 5.11 Å². The quantitative estimate of drug-likeness (QED) is 0.823. The van der Waals surface area contributed by atoms with Crippen LogP contribution < -0.4 is 5.32 Å². The van der Waals surface area contributed by atoms with Crippen LogP contribution in [0.5, 0.6) is 0 Å². The van der Waals surface area contributed by atoms with E-state index in [1.54, 1.807) is 4.90 Å². The van der Waals surface area contributed by atoms with Gasteiger partial charge in [0.05, 0.1) is 6.54 Å². The van der Waals surface area contributed by atoms with Crippen LogP contribution in [0.25, 0.3) is 0 Å². The van der Waals surface area contributed by atoms with Crippen molar-refractivity contribution in [1.82, 2.24) is 15.1 Å². The van der Waals surface area contributed by atoms with Crippen LogP contribution in [0.3, 0.4) is 0 Å². The highest BCUT2D eigenvalue weighted by molar-refractivity contribution is 5.74. The number of alkyl halides is 3. The zero-order chi connectivity index (χ0) is 16.9. The number of nitrogens with zero attached hydrogens (tertiary/aromatic N) is 2. The first-order chi connectivity index (χ1) is 10.9. The van der Waals surface area contributed by atoms with Gasteiger partial charge in [0.25, 0.3) is 0 Å². The van der Waals surface area contributed by atoms with Crippen LogP contribution in [0.4, 0.5) is 18.0 Å². The standard InChI is InChI=1S/C15H26F3N3O2/c16-15(17,18)11-20-6-2-7-21(9-8-20)14(23)19-13-4-1-3-12(13)5-10-22/h12-13,22H,1-11H2,(H,19,23)/t12-,13-/m1/s1. The predicted molar refractivity (Wildman–Crippen MR) is 80.0 cm³/mol. The van der Waals surface area contributed by atoms with Gasteiger partial charge >= 0.3 is 12.2 Å². The van der Waals surface area contributed by atoms with Crippen molar-refractivity contribution in [3.05, 3.63) is 0 Å². The summed E-state index contributed by atoms with van der Waals surface area (Å²) in [5.41, 5.74) is 0. The van der Waals surface area contributed by atoms with Crippen LogP contribution in [0.15, 0.2) is 0 Å². The van der Waals surface area contributed by atoms with Gasteiger partial charge in [-0.15, -0.1) is 0 Å². The van der Waals surface area contributed by atoms with Crippen LogP contribution >= 0.6 is 0 Å². The summed E-state index contributed by atoms with van der Waals surface area (Å²) < 4.78 is 37.4. The third kappa shape index (κ3) is 5.84. The number of hydrogen-bond donors (Lipinski definition) is 2. The average molecular weight is 337 g/mol. The summed E-state index contributed by atoms with van der Waals surface area (Å²) in [5, 5.41) is 12.1. The molecule has 134 valence electrons. The molecule has 0 aromatic heterocycles. The van der Waals surface area contributed by atoms with Gasteiger partial charge in [-0.2, -0.15) is 13.2 Å². The number of carbonyl (C=O) groups excluding carboxylic acids is 1. The van der Waals surface area contributed by atoms with Crippen molar-refractivity contribution in [2.75, 3.05) is 39.3 Å². The van der Waals surface area contributed by atoms with E-state index in [0.717, 1.165) is 19.3 Å². The molecule has 0 unspecified atom stereocenters. The van der Waals surface area contributed by atoms with Crippen molar-refractivity contribution < 1.29 is 23.1 Å². The Morgan fingerprint density at radius 1 is 1.13 bits per heavy atom. The molecular weight excluding hydrogens is 311 g/mol. The van der Waals surface area contributed by atoms with E-state index < -0.39 is 12.7 Å². The minimum absolute atomic E-state index is 0.0733. The van der Waals surface area contributed by atoms with Gasteiger partial charge in [-0.3, -0.25) is 4.90 Å². The molecule has 1 saturated heterocycles. The lowest BCUT2D eigenvalue weighted by atomic mass is 10.0. The van der Waals surface area contributed by atoms with Crippen LogP contribution in [0.2, 0.25) is 0 Å². The number of aliphatic hydroxyl groups is 1. The van der Waals surface area contributed by atoms with Crippen molar-refractivity contribution in [2.45, 2.75) is 44.3 Å². The summed E-state index contributed by atoms with van der Waals surface area (Å²) in [6.07, 6.45) is -0.0123. The van der Waals surface area contributed by atoms with Gasteiger partial charge in [0.1, 0.15) is 0 Å². The van der Waals surface area contributed by atoms with Gasteiger partial charge in [-0.25, -0.2) is 4.79 Å². The highest BCUT2D eigenvalue weighted by Crippen LogP contribution is 2.28. The fourth-order valence-electron chi connectivity index (χ4n) is 3.57. The Kier molecular flexibility index (Phi) is 6.52. The molecule has 1 saturated carbocycles. The topological polar surface area (TPSA) is 55.8 Å². The molecule has 8 heteroatoms. The van der Waals surface area contributed by atoms with Crippen molar-refractivity contribution >= 4 is 6.03 Å². The molecule has 0 radical (unpaired) electrons. The minimum Gasteiger partial charge on any atom is -0.396 e. The molecular formula is C15H26F3N3O2. The number of aliphatic hydroxyl groups excluding tert-OH is 1. The summed E-state index contributed by atoms with van der Waals surface area (Å²) in [4.78, 5) is 15.3. The fraction of sp³-hybridized carbons (Fsp3) is 0.933. The molecule has 1 aliphatic heterocycles. The second-order valence-electron chi connectivity index (χ2n) is 6.49. The molecule has 0 aromatic carbocycles. The van der Waals surface area contributed by atoms with Crippen molar-refractivity contribution in [3.8, 4) is 0 Å². The maximum absolute atomic E-state index is 12.5. The predicted octanol–water partition coefficient (Wildman–Crippen LogP) is 1.82. The summed E-state index contributed by atoms with van der Waals surface area (Å²) in [6.45, 7) is 0.616. The van der Waals surface area contributed by atoms with E-state index in [0.29, 0.717) is 38.4 Å². The Balaban J connectivity index is 1.81. The lowest BCUT2D eigenvalue weighted by molar-refractivity contribution is -0.145. The number of amides is 2. The first kappa shape index (κ1) is 18.3. The van der Waals surface area contributed by atoms with Crippen molar-refractivity contribution in [3.63, 3.8) is 0 Å². The number of urea groups is 1. The van der Waals surface area contributed by atoms with E-state index in [9.17, 15) is 18.0 Å². The molecule has 23 heavy (non-hydrogen) atoms. The van der Waals surface area contributed by atoms with Crippen LogP contribution in [-0.2, 0) is 0 Å². The van der Waals surface area contributed by atoms with E-state index in [-0.39, 0.29) is 25.2 Å². The molecule has 2 rings (SSSR count). The smallest absolute Gasteiger partial charge is 0.396 e. The lowest BCUT2D eigenvalue weighted by Gasteiger charge is -2.26. The van der Waals surface area contributed by atoms with Gasteiger partial charge in [0, 0.05) is 38.8 Å².